The third kappa shape index (κ3) is 8.08. The number of imidazole rings is 1. The Hall–Kier alpha value is -2.51. The molecule has 0 aliphatic rings. The van der Waals surface area contributed by atoms with Gasteiger partial charge in [-0.1, -0.05) is 41.4 Å². The lowest BCUT2D eigenvalue weighted by Gasteiger charge is -2.19. The van der Waals surface area contributed by atoms with Crippen LogP contribution < -0.4 is 0 Å². The monoisotopic (exact) mass is 447 g/mol. The third-order valence-corrected chi connectivity index (χ3v) is 6.43. The molecule has 3 rings (SSSR count). The molecule has 30 heavy (non-hydrogen) atoms. The number of thioether (sulfide) groups is 1. The van der Waals surface area contributed by atoms with Crippen LogP contribution in [0.5, 0.6) is 0 Å². The van der Waals surface area contributed by atoms with Gasteiger partial charge >= 0.3 is 0 Å². The van der Waals surface area contributed by atoms with Gasteiger partial charge in [0.25, 0.3) is 5.09 Å². The Morgan fingerprint density at radius 3 is 2.43 bits per heavy atom. The molecule has 1 atom stereocenters. The van der Waals surface area contributed by atoms with Crippen molar-refractivity contribution < 1.29 is 10.3 Å². The maximum absolute atomic E-state index is 8.36. The molecule has 1 unspecified atom stereocenters. The van der Waals surface area contributed by atoms with Gasteiger partial charge < -0.3 is 9.77 Å². The van der Waals surface area contributed by atoms with E-state index in [9.17, 15) is 0 Å². The number of halogens is 1. The second-order valence-electron chi connectivity index (χ2n) is 7.13. The number of benzene rings is 2. The minimum Gasteiger partial charge on any atom is -0.336 e. The summed E-state index contributed by atoms with van der Waals surface area (Å²) in [5, 5.41) is 14.9. The van der Waals surface area contributed by atoms with Gasteiger partial charge in [-0.3, -0.25) is 0 Å². The lowest BCUT2D eigenvalue weighted by Crippen LogP contribution is -2.13. The second-order valence-corrected chi connectivity index (χ2v) is 8.88. The Kier molecular flexibility index (Phi) is 9.20. The average molecular weight is 448 g/mol. The fourth-order valence-corrected chi connectivity index (χ4v) is 4.53. The zero-order chi connectivity index (χ0) is 22.1. The van der Waals surface area contributed by atoms with Crippen LogP contribution in [0, 0.1) is 30.9 Å². The number of aromatic nitrogens is 2. The van der Waals surface area contributed by atoms with Crippen molar-refractivity contribution in [2.45, 2.75) is 50.3 Å². The third-order valence-electron chi connectivity index (χ3n) is 4.69. The van der Waals surface area contributed by atoms with Crippen molar-refractivity contribution in [1.29, 1.82) is 0 Å². The predicted octanol–water partition coefficient (Wildman–Crippen LogP) is 5.91. The van der Waals surface area contributed by atoms with Crippen LogP contribution in [0.25, 0.3) is 0 Å². The van der Waals surface area contributed by atoms with E-state index in [0.717, 1.165) is 24.4 Å². The molecular formula is C22H26ClN3O3S. The summed E-state index contributed by atoms with van der Waals surface area (Å²) in [6, 6.07) is 13.1. The topological polar surface area (TPSA) is 81.2 Å². The van der Waals surface area contributed by atoms with Gasteiger partial charge in [-0.2, -0.15) is 0 Å². The van der Waals surface area contributed by atoms with E-state index in [-0.39, 0.29) is 0 Å². The maximum atomic E-state index is 8.36. The molecule has 0 aliphatic carbocycles. The van der Waals surface area contributed by atoms with Crippen LogP contribution in [-0.4, -0.2) is 25.1 Å². The lowest BCUT2D eigenvalue weighted by molar-refractivity contribution is -0.742. The van der Waals surface area contributed by atoms with Crippen LogP contribution in [0.1, 0.15) is 28.7 Å². The summed E-state index contributed by atoms with van der Waals surface area (Å²) in [7, 11) is 0. The number of aryl methyl sites for hydroxylation is 4. The maximum Gasteiger partial charge on any atom is 0.291 e. The second kappa shape index (κ2) is 11.6. The molecule has 1 heterocycles. The van der Waals surface area contributed by atoms with Crippen LogP contribution in [0.2, 0.25) is 5.02 Å². The van der Waals surface area contributed by atoms with Crippen molar-refractivity contribution in [3.05, 3.63) is 92.5 Å². The number of rotatable bonds is 7. The molecule has 2 aromatic carbocycles. The molecule has 0 aliphatic heterocycles. The Labute approximate surface area is 186 Å². The molecule has 0 radical (unpaired) electrons. The molecule has 0 fully saturated rings. The Morgan fingerprint density at radius 2 is 1.83 bits per heavy atom. The van der Waals surface area contributed by atoms with E-state index in [4.69, 9.17) is 26.9 Å². The highest BCUT2D eigenvalue weighted by Gasteiger charge is 2.15. The summed E-state index contributed by atoms with van der Waals surface area (Å²) in [4.78, 5) is 13.7. The molecule has 6 nitrogen and oxygen atoms in total. The van der Waals surface area contributed by atoms with Crippen molar-refractivity contribution in [2.24, 2.45) is 0 Å². The number of nitrogens with zero attached hydrogens (tertiary/aromatic N) is 3. The smallest absolute Gasteiger partial charge is 0.291 e. The minimum atomic E-state index is -1.50. The van der Waals surface area contributed by atoms with Gasteiger partial charge in [0.2, 0.25) is 0 Å². The quantitative estimate of drug-likeness (QED) is 0.276. The van der Waals surface area contributed by atoms with Gasteiger partial charge in [-0.05, 0) is 62.4 Å². The van der Waals surface area contributed by atoms with Crippen LogP contribution in [0.4, 0.5) is 0 Å². The highest BCUT2D eigenvalue weighted by Crippen LogP contribution is 2.35. The summed E-state index contributed by atoms with van der Waals surface area (Å²) < 4.78 is 2.15. The van der Waals surface area contributed by atoms with Crippen LogP contribution >= 0.6 is 23.4 Å². The molecule has 0 bridgehead atoms. The van der Waals surface area contributed by atoms with Gasteiger partial charge in [0.05, 0.1) is 11.3 Å². The van der Waals surface area contributed by atoms with E-state index in [0.29, 0.717) is 5.25 Å². The van der Waals surface area contributed by atoms with Crippen LogP contribution in [0.3, 0.4) is 0 Å². The molecule has 0 spiro atoms. The molecule has 0 saturated heterocycles. The summed E-state index contributed by atoms with van der Waals surface area (Å²) in [6.45, 7) is 7.31. The normalized spacial score (nSPS) is 11.5. The first kappa shape index (κ1) is 23.8. The van der Waals surface area contributed by atoms with Crippen molar-refractivity contribution in [3.8, 4) is 0 Å². The lowest BCUT2D eigenvalue weighted by atomic mass is 10.1. The Morgan fingerprint density at radius 1 is 1.20 bits per heavy atom. The number of hydrogen-bond donors (Lipinski definition) is 1. The molecule has 3 aromatic rings. The summed E-state index contributed by atoms with van der Waals surface area (Å²) in [5.74, 6) is 0. The fourth-order valence-electron chi connectivity index (χ4n) is 2.92. The molecule has 1 aromatic heterocycles. The molecule has 8 heteroatoms. The summed E-state index contributed by atoms with van der Waals surface area (Å²) in [5.41, 5.74) is 5.22. The van der Waals surface area contributed by atoms with E-state index < -0.39 is 5.09 Å². The van der Waals surface area contributed by atoms with Gasteiger partial charge in [0.1, 0.15) is 0 Å². The molecule has 0 saturated carbocycles. The van der Waals surface area contributed by atoms with Crippen LogP contribution in [-0.2, 0) is 13.0 Å². The van der Waals surface area contributed by atoms with Crippen molar-refractivity contribution >= 4 is 23.4 Å². The predicted molar refractivity (Wildman–Crippen MR) is 121 cm³/mol. The van der Waals surface area contributed by atoms with Crippen molar-refractivity contribution in [1.82, 2.24) is 9.55 Å². The minimum absolute atomic E-state index is 0.435. The van der Waals surface area contributed by atoms with Gasteiger partial charge in [0, 0.05) is 29.1 Å². The standard InChI is InChI=1S/C22H25ClN2S.HNO3/c1-16-4-6-19(7-5-16)8-9-20(14-25-11-10-24-15-25)26-22-13-18(3)17(2)12-21(22)23;2-1(3)4/h4-7,10-13,15,20H,8-9,14H2,1-3H3;(H,2,3,4). The van der Waals surface area contributed by atoms with Crippen LogP contribution in [0.15, 0.2) is 60.0 Å². The zero-order valence-corrected chi connectivity index (χ0v) is 18.9. The fraction of sp³-hybridized carbons (Fsp3) is 0.318. The van der Waals surface area contributed by atoms with E-state index in [1.165, 1.54) is 27.1 Å². The van der Waals surface area contributed by atoms with E-state index >= 15 is 0 Å². The Bertz CT molecular complexity index is 943. The summed E-state index contributed by atoms with van der Waals surface area (Å²) in [6.07, 6.45) is 7.91. The highest BCUT2D eigenvalue weighted by molar-refractivity contribution is 8.00. The first-order chi connectivity index (χ1) is 14.2. The van der Waals surface area contributed by atoms with E-state index in [1.54, 1.807) is 0 Å². The SMILES string of the molecule is Cc1ccc(CCC(Cn2ccnc2)Sc2cc(C)c(C)cc2Cl)cc1.O=[N+]([O-])O. The first-order valence-corrected chi connectivity index (χ1v) is 10.8. The largest absolute Gasteiger partial charge is 0.336 e. The summed E-state index contributed by atoms with van der Waals surface area (Å²) >= 11 is 8.40. The van der Waals surface area contributed by atoms with Gasteiger partial charge in [0.15, 0.2) is 0 Å². The molecule has 160 valence electrons. The number of hydrogen-bond acceptors (Lipinski definition) is 4. The molecular weight excluding hydrogens is 422 g/mol. The average Bonchev–Trinajstić information content (AvgIpc) is 3.18. The van der Waals surface area contributed by atoms with Gasteiger partial charge in [-0.25, -0.2) is 4.98 Å². The zero-order valence-electron chi connectivity index (χ0n) is 17.3. The van der Waals surface area contributed by atoms with E-state index in [2.05, 4.69) is 66.7 Å². The molecule has 0 amide bonds. The Balaban J connectivity index is 0.000000735. The highest BCUT2D eigenvalue weighted by atomic mass is 35.5. The van der Waals surface area contributed by atoms with Crippen molar-refractivity contribution in [3.63, 3.8) is 0 Å². The molecule has 1 N–H and O–H groups in total. The first-order valence-electron chi connectivity index (χ1n) is 9.52. The van der Waals surface area contributed by atoms with E-state index in [1.807, 2.05) is 30.5 Å². The van der Waals surface area contributed by atoms with Crippen molar-refractivity contribution in [2.75, 3.05) is 0 Å². The van der Waals surface area contributed by atoms with Gasteiger partial charge in [-0.15, -0.1) is 21.9 Å².